The monoisotopic (exact) mass is 922 g/mol. The number of carbonyl (C=O) groups is 5. The summed E-state index contributed by atoms with van der Waals surface area (Å²) in [6, 6.07) is 20.2. The minimum Gasteiger partial charge on any atom is -0.507 e. The van der Waals surface area contributed by atoms with Crippen LogP contribution in [-0.4, -0.2) is 70.9 Å². The van der Waals surface area contributed by atoms with Gasteiger partial charge in [-0.25, -0.2) is 14.4 Å². The fourth-order valence-corrected chi connectivity index (χ4v) is 6.24. The number of halogens is 2. The van der Waals surface area contributed by atoms with E-state index in [1.54, 1.807) is 121 Å². The Kier molecular flexibility index (Phi) is 19.3. The van der Waals surface area contributed by atoms with Crippen LogP contribution < -0.4 is 14.2 Å². The van der Waals surface area contributed by atoms with Crippen LogP contribution in [0.25, 0.3) is 0 Å². The average Bonchev–Trinajstić information content (AvgIpc) is 3.63. The standard InChI is InChI=1S/C20H21ClO4.C17H20O6.C12H15ClO3/c1-13(2)24-19(23)20(3,4)25-17-11-7-15(8-12-17)18(22)14-5-9-16(21)10-6-14;1-9(5-7-13(18)19)4-6-11-15(20)14-12(8-23-17(14)21)10(2)16(11)22-3;1-4-15-11(14)12(2,3)16-10-7-5-9(13)6-8-10/h5-13H,1-4H3;4,20H,5-8H2,1-3H3,(H,18,19);5-8H,4H2,1-3H3/b;9-4+;. The number of allylic oxidation sites excluding steroid dienone is 2. The number of carboxylic acid groups (broad SMARTS) is 1. The lowest BCUT2D eigenvalue weighted by molar-refractivity contribution is -0.163. The molecule has 15 heteroatoms. The van der Waals surface area contributed by atoms with E-state index in [1.807, 2.05) is 19.9 Å². The molecule has 0 aliphatic carbocycles. The summed E-state index contributed by atoms with van der Waals surface area (Å²) in [6.45, 7) is 16.1. The summed E-state index contributed by atoms with van der Waals surface area (Å²) in [5.41, 5.74) is 2.01. The maximum Gasteiger partial charge on any atom is 0.350 e. The molecular weight excluding hydrogens is 867 g/mol. The number of methoxy groups -OCH3 is 1. The predicted molar refractivity (Wildman–Crippen MR) is 243 cm³/mol. The van der Waals surface area contributed by atoms with Crippen molar-refractivity contribution < 1.29 is 62.6 Å². The number of hydrogen-bond acceptors (Lipinski definition) is 12. The second-order valence-electron chi connectivity index (χ2n) is 15.8. The molecule has 0 saturated carbocycles. The highest BCUT2D eigenvalue weighted by Gasteiger charge is 2.34. The van der Waals surface area contributed by atoms with Gasteiger partial charge in [0.2, 0.25) is 0 Å². The first-order valence-corrected chi connectivity index (χ1v) is 21.1. The highest BCUT2D eigenvalue weighted by molar-refractivity contribution is 6.31. The van der Waals surface area contributed by atoms with Crippen molar-refractivity contribution in [3.8, 4) is 23.0 Å². The number of aliphatic carboxylic acids is 1. The molecule has 64 heavy (non-hydrogen) atoms. The van der Waals surface area contributed by atoms with E-state index in [0.29, 0.717) is 69.0 Å². The van der Waals surface area contributed by atoms with Gasteiger partial charge in [-0.15, -0.1) is 0 Å². The largest absolute Gasteiger partial charge is 0.507 e. The van der Waals surface area contributed by atoms with Gasteiger partial charge in [-0.1, -0.05) is 34.9 Å². The second-order valence-corrected chi connectivity index (χ2v) is 16.6. The van der Waals surface area contributed by atoms with Crippen molar-refractivity contribution in [2.45, 2.75) is 105 Å². The summed E-state index contributed by atoms with van der Waals surface area (Å²) in [6.07, 6.45) is 2.47. The van der Waals surface area contributed by atoms with E-state index in [4.69, 9.17) is 56.7 Å². The smallest absolute Gasteiger partial charge is 0.350 e. The van der Waals surface area contributed by atoms with Crippen LogP contribution in [0.3, 0.4) is 0 Å². The molecule has 344 valence electrons. The highest BCUT2D eigenvalue weighted by Crippen LogP contribution is 2.42. The Morgan fingerprint density at radius 2 is 1.30 bits per heavy atom. The van der Waals surface area contributed by atoms with Crippen molar-refractivity contribution in [2.24, 2.45) is 0 Å². The van der Waals surface area contributed by atoms with Gasteiger partial charge in [0.25, 0.3) is 0 Å². The van der Waals surface area contributed by atoms with E-state index >= 15 is 0 Å². The lowest BCUT2D eigenvalue weighted by Crippen LogP contribution is -2.40. The van der Waals surface area contributed by atoms with Crippen LogP contribution in [-0.2, 0) is 41.6 Å². The molecular formula is C49H56Cl2O13. The third-order valence-electron chi connectivity index (χ3n) is 9.42. The van der Waals surface area contributed by atoms with Gasteiger partial charge in [0, 0.05) is 38.7 Å². The number of rotatable bonds is 16. The maximum atomic E-state index is 12.4. The Labute approximate surface area is 384 Å². The highest BCUT2D eigenvalue weighted by atomic mass is 35.5. The summed E-state index contributed by atoms with van der Waals surface area (Å²) in [4.78, 5) is 58.4. The number of ether oxygens (including phenoxy) is 6. The van der Waals surface area contributed by atoms with Crippen LogP contribution in [0.1, 0.15) is 111 Å². The van der Waals surface area contributed by atoms with Crippen molar-refractivity contribution in [2.75, 3.05) is 13.7 Å². The zero-order chi connectivity index (χ0) is 47.9. The molecule has 4 aromatic carbocycles. The normalized spacial score (nSPS) is 12.1. The number of esters is 3. The van der Waals surface area contributed by atoms with Crippen LogP contribution in [0.4, 0.5) is 0 Å². The minimum atomic E-state index is -1.12. The number of ketones is 1. The second kappa shape index (κ2) is 23.6. The van der Waals surface area contributed by atoms with E-state index < -0.39 is 29.1 Å². The van der Waals surface area contributed by atoms with Crippen molar-refractivity contribution in [1.29, 1.82) is 0 Å². The number of phenolic OH excluding ortho intramolecular Hbond substituents is 1. The molecule has 0 radical (unpaired) electrons. The quantitative estimate of drug-likeness (QED) is 0.0469. The number of fused-ring (bicyclic) bond motifs is 1. The van der Waals surface area contributed by atoms with Gasteiger partial charge >= 0.3 is 23.9 Å². The Morgan fingerprint density at radius 1 is 0.812 bits per heavy atom. The van der Waals surface area contributed by atoms with Gasteiger partial charge in [0.1, 0.15) is 35.2 Å². The van der Waals surface area contributed by atoms with Crippen LogP contribution in [0.15, 0.2) is 84.4 Å². The van der Waals surface area contributed by atoms with Gasteiger partial charge in [-0.3, -0.25) is 9.59 Å². The fourth-order valence-electron chi connectivity index (χ4n) is 5.99. The third-order valence-corrected chi connectivity index (χ3v) is 9.92. The number of carboxylic acids is 1. The molecule has 1 aliphatic rings. The van der Waals surface area contributed by atoms with Crippen molar-refractivity contribution >= 4 is 52.9 Å². The van der Waals surface area contributed by atoms with Gasteiger partial charge in [0.15, 0.2) is 17.0 Å². The molecule has 0 unspecified atom stereocenters. The average molecular weight is 924 g/mol. The zero-order valence-electron chi connectivity index (χ0n) is 37.8. The molecule has 1 heterocycles. The van der Waals surface area contributed by atoms with Crippen LogP contribution in [0.2, 0.25) is 10.0 Å². The predicted octanol–water partition coefficient (Wildman–Crippen LogP) is 10.5. The molecule has 4 aromatic rings. The molecule has 5 rings (SSSR count). The molecule has 1 aliphatic heterocycles. The molecule has 2 N–H and O–H groups in total. The third kappa shape index (κ3) is 15.0. The number of benzene rings is 4. The zero-order valence-corrected chi connectivity index (χ0v) is 39.3. The molecule has 0 saturated heterocycles. The van der Waals surface area contributed by atoms with E-state index in [2.05, 4.69) is 0 Å². The Balaban J connectivity index is 0.000000262. The first-order chi connectivity index (χ1) is 30.0. The van der Waals surface area contributed by atoms with Crippen LogP contribution >= 0.6 is 23.2 Å². The Hall–Kier alpha value is -6.05. The fraction of sp³-hybridized carbons (Fsp3) is 0.367. The van der Waals surface area contributed by atoms with Crippen molar-refractivity contribution in [1.82, 2.24) is 0 Å². The SMILES string of the molecule is CC(C)OC(=O)C(C)(C)Oc1ccc(C(=O)c2ccc(Cl)cc2)cc1.CCOC(=O)C(C)(C)Oc1ccc(Cl)cc1.COc1c(C)c2c(c(O)c1C/C=C(\C)CCC(=O)O)C(=O)OC2. The van der Waals surface area contributed by atoms with E-state index in [0.717, 1.165) is 11.1 Å². The van der Waals surface area contributed by atoms with Gasteiger partial charge in [-0.2, -0.15) is 0 Å². The summed E-state index contributed by atoms with van der Waals surface area (Å²) in [5, 5.41) is 20.4. The number of phenols is 1. The number of cyclic esters (lactones) is 1. The molecule has 13 nitrogen and oxygen atoms in total. The van der Waals surface area contributed by atoms with Crippen LogP contribution in [0, 0.1) is 6.92 Å². The number of hydrogen-bond donors (Lipinski definition) is 2. The first-order valence-electron chi connectivity index (χ1n) is 20.4. The molecule has 0 fully saturated rings. The number of carbonyl (C=O) groups excluding carboxylic acids is 4. The number of aromatic hydroxyl groups is 1. The summed E-state index contributed by atoms with van der Waals surface area (Å²) >= 11 is 11.6. The van der Waals surface area contributed by atoms with Crippen LogP contribution in [0.5, 0.6) is 23.0 Å². The lowest BCUT2D eigenvalue weighted by atomic mass is 9.94. The lowest BCUT2D eigenvalue weighted by Gasteiger charge is -2.25. The molecule has 0 aromatic heterocycles. The van der Waals surface area contributed by atoms with E-state index in [9.17, 15) is 29.1 Å². The first kappa shape index (κ1) is 52.3. The van der Waals surface area contributed by atoms with Gasteiger partial charge in [0.05, 0.1) is 19.8 Å². The topological polar surface area (TPSA) is 181 Å². The van der Waals surface area contributed by atoms with E-state index in [-0.39, 0.29) is 42.2 Å². The molecule has 0 amide bonds. The minimum absolute atomic E-state index is 0.0565. The summed E-state index contributed by atoms with van der Waals surface area (Å²) < 4.78 is 31.7. The maximum absolute atomic E-state index is 12.4. The van der Waals surface area contributed by atoms with Crippen molar-refractivity contribution in [3.63, 3.8) is 0 Å². The van der Waals surface area contributed by atoms with E-state index in [1.165, 1.54) is 7.11 Å². The molecule has 0 spiro atoms. The van der Waals surface area contributed by atoms with Gasteiger partial charge < -0.3 is 38.6 Å². The Bertz CT molecular complexity index is 2300. The van der Waals surface area contributed by atoms with Crippen molar-refractivity contribution in [3.05, 3.63) is 128 Å². The van der Waals surface area contributed by atoms with Gasteiger partial charge in [-0.05, 0) is 154 Å². The summed E-state index contributed by atoms with van der Waals surface area (Å²) in [5.74, 6) is -0.837. The molecule has 0 bridgehead atoms. The Morgan fingerprint density at radius 3 is 1.78 bits per heavy atom. The summed E-state index contributed by atoms with van der Waals surface area (Å²) in [7, 11) is 1.51. The molecule has 0 atom stereocenters.